The van der Waals surface area contributed by atoms with Gasteiger partial charge in [0.25, 0.3) is 0 Å². The Morgan fingerprint density at radius 3 is 2.58 bits per heavy atom. The number of pyridine rings is 1. The zero-order valence-electron chi connectivity index (χ0n) is 14.1. The van der Waals surface area contributed by atoms with Crippen molar-refractivity contribution in [1.82, 2.24) is 10.3 Å². The van der Waals surface area contributed by atoms with E-state index in [9.17, 15) is 0 Å². The van der Waals surface area contributed by atoms with Crippen LogP contribution in [0.25, 0.3) is 0 Å². The first-order valence-corrected chi connectivity index (χ1v) is 8.93. The Morgan fingerprint density at radius 2 is 1.88 bits per heavy atom. The normalized spacial score (nSPS) is 14.3. The van der Waals surface area contributed by atoms with Crippen LogP contribution < -0.4 is 15.5 Å². The third-order valence-electron chi connectivity index (χ3n) is 4.35. The van der Waals surface area contributed by atoms with Gasteiger partial charge in [-0.2, -0.15) is 0 Å². The van der Waals surface area contributed by atoms with Crippen LogP contribution in [0.15, 0.2) is 42.6 Å². The number of benzene rings is 1. The molecule has 24 heavy (non-hydrogen) atoms. The quantitative estimate of drug-likeness (QED) is 0.827. The van der Waals surface area contributed by atoms with Crippen molar-refractivity contribution in [2.45, 2.75) is 32.7 Å². The van der Waals surface area contributed by atoms with E-state index in [4.69, 9.17) is 12.2 Å². The fraction of sp³-hybridized carbons (Fsp3) is 0.368. The predicted octanol–water partition coefficient (Wildman–Crippen LogP) is 3.87. The summed E-state index contributed by atoms with van der Waals surface area (Å²) in [6.45, 7) is 5.07. The lowest BCUT2D eigenvalue weighted by molar-refractivity contribution is 0.578. The molecule has 1 saturated heterocycles. The molecule has 2 heterocycles. The molecular formula is C19H24N4S. The van der Waals surface area contributed by atoms with Gasteiger partial charge in [0.1, 0.15) is 5.82 Å². The van der Waals surface area contributed by atoms with Crippen LogP contribution in [0.5, 0.6) is 0 Å². The van der Waals surface area contributed by atoms with Gasteiger partial charge in [-0.3, -0.25) is 0 Å². The molecule has 1 aliphatic rings. The minimum atomic E-state index is 0.594. The predicted molar refractivity (Wildman–Crippen MR) is 105 cm³/mol. The number of nitrogens with zero attached hydrogens (tertiary/aromatic N) is 2. The summed E-state index contributed by atoms with van der Waals surface area (Å²) in [6.07, 6.45) is 5.72. The molecule has 126 valence electrons. The first-order chi connectivity index (χ1) is 11.7. The molecule has 1 fully saturated rings. The van der Waals surface area contributed by atoms with Crippen LogP contribution in [0.1, 0.15) is 30.4 Å². The van der Waals surface area contributed by atoms with Crippen molar-refractivity contribution in [2.75, 3.05) is 23.3 Å². The molecule has 2 aromatic rings. The summed E-state index contributed by atoms with van der Waals surface area (Å²) < 4.78 is 0. The van der Waals surface area contributed by atoms with E-state index in [1.165, 1.54) is 43.6 Å². The summed E-state index contributed by atoms with van der Waals surface area (Å²) in [5.41, 5.74) is 3.62. The number of hydrogen-bond acceptors (Lipinski definition) is 3. The first kappa shape index (κ1) is 16.7. The van der Waals surface area contributed by atoms with E-state index < -0.39 is 0 Å². The number of nitrogens with one attached hydrogen (secondary N) is 2. The number of thiocarbonyl (C=S) groups is 1. The van der Waals surface area contributed by atoms with E-state index in [1.54, 1.807) is 6.20 Å². The van der Waals surface area contributed by atoms with Crippen molar-refractivity contribution in [2.24, 2.45) is 0 Å². The number of aryl methyl sites for hydroxylation is 1. The molecule has 1 aromatic carbocycles. The lowest BCUT2D eigenvalue weighted by atomic mass is 10.1. The second-order valence-electron chi connectivity index (χ2n) is 6.19. The Labute approximate surface area is 149 Å². The SMILES string of the molecule is Cc1cccnc1NC(=S)NCc1ccc(N2CCCCC2)cc1. The van der Waals surface area contributed by atoms with Gasteiger partial charge < -0.3 is 15.5 Å². The van der Waals surface area contributed by atoms with E-state index >= 15 is 0 Å². The summed E-state index contributed by atoms with van der Waals surface area (Å²) in [5.74, 6) is 0.801. The van der Waals surface area contributed by atoms with Gasteiger partial charge in [0.2, 0.25) is 0 Å². The van der Waals surface area contributed by atoms with Crippen molar-refractivity contribution >= 4 is 28.8 Å². The number of aromatic nitrogens is 1. The van der Waals surface area contributed by atoms with Crippen LogP contribution in [0.4, 0.5) is 11.5 Å². The minimum Gasteiger partial charge on any atom is -0.372 e. The second-order valence-corrected chi connectivity index (χ2v) is 6.60. The Hall–Kier alpha value is -2.14. The van der Waals surface area contributed by atoms with Gasteiger partial charge in [-0.05, 0) is 67.7 Å². The molecule has 1 aromatic heterocycles. The molecule has 0 unspecified atom stereocenters. The summed E-state index contributed by atoms with van der Waals surface area (Å²) >= 11 is 5.35. The van der Waals surface area contributed by atoms with E-state index in [0.29, 0.717) is 11.7 Å². The van der Waals surface area contributed by atoms with Crippen LogP contribution in [-0.2, 0) is 6.54 Å². The second kappa shape index (κ2) is 8.11. The van der Waals surface area contributed by atoms with E-state index in [-0.39, 0.29) is 0 Å². The van der Waals surface area contributed by atoms with Crippen molar-refractivity contribution in [1.29, 1.82) is 0 Å². The molecule has 4 nitrogen and oxygen atoms in total. The van der Waals surface area contributed by atoms with Crippen LogP contribution >= 0.6 is 12.2 Å². The Kier molecular flexibility index (Phi) is 5.64. The molecule has 1 aliphatic heterocycles. The maximum absolute atomic E-state index is 5.35. The number of anilines is 2. The van der Waals surface area contributed by atoms with Crippen molar-refractivity contribution in [3.05, 3.63) is 53.7 Å². The standard InChI is InChI=1S/C19H24N4S/c1-15-6-5-11-20-18(15)22-19(24)21-14-16-7-9-17(10-8-16)23-12-3-2-4-13-23/h5-11H,2-4,12-14H2,1H3,(H2,20,21,22,24). The Morgan fingerprint density at radius 1 is 1.12 bits per heavy atom. The van der Waals surface area contributed by atoms with Gasteiger partial charge in [-0.15, -0.1) is 0 Å². The lowest BCUT2D eigenvalue weighted by Gasteiger charge is -2.28. The van der Waals surface area contributed by atoms with Crippen molar-refractivity contribution in [3.8, 4) is 0 Å². The van der Waals surface area contributed by atoms with Crippen LogP contribution in [0.3, 0.4) is 0 Å². The maximum atomic E-state index is 5.35. The number of hydrogen-bond donors (Lipinski definition) is 2. The van der Waals surface area contributed by atoms with Gasteiger partial charge >= 0.3 is 0 Å². The van der Waals surface area contributed by atoms with Crippen molar-refractivity contribution < 1.29 is 0 Å². The molecule has 0 aliphatic carbocycles. The molecule has 0 bridgehead atoms. The zero-order valence-corrected chi connectivity index (χ0v) is 14.9. The fourth-order valence-corrected chi connectivity index (χ4v) is 3.10. The highest BCUT2D eigenvalue weighted by Crippen LogP contribution is 2.20. The van der Waals surface area contributed by atoms with Crippen LogP contribution in [0, 0.1) is 6.92 Å². The third-order valence-corrected chi connectivity index (χ3v) is 4.60. The number of rotatable bonds is 4. The van der Waals surface area contributed by atoms with E-state index in [2.05, 4.69) is 44.8 Å². The monoisotopic (exact) mass is 340 g/mol. The molecule has 0 radical (unpaired) electrons. The zero-order chi connectivity index (χ0) is 16.8. The van der Waals surface area contributed by atoms with E-state index in [1.807, 2.05) is 19.1 Å². The highest BCUT2D eigenvalue weighted by Gasteiger charge is 2.10. The highest BCUT2D eigenvalue weighted by molar-refractivity contribution is 7.80. The van der Waals surface area contributed by atoms with Gasteiger partial charge in [-0.1, -0.05) is 18.2 Å². The van der Waals surface area contributed by atoms with Gasteiger partial charge in [0.15, 0.2) is 5.11 Å². The average molecular weight is 340 g/mol. The van der Waals surface area contributed by atoms with Crippen molar-refractivity contribution in [3.63, 3.8) is 0 Å². The number of piperidine rings is 1. The topological polar surface area (TPSA) is 40.2 Å². The molecular weight excluding hydrogens is 316 g/mol. The summed E-state index contributed by atoms with van der Waals surface area (Å²) in [4.78, 5) is 6.76. The van der Waals surface area contributed by atoms with Gasteiger partial charge in [0, 0.05) is 31.5 Å². The van der Waals surface area contributed by atoms with Crippen LogP contribution in [0.2, 0.25) is 0 Å². The molecule has 3 rings (SSSR count). The molecule has 5 heteroatoms. The molecule has 0 saturated carbocycles. The third kappa shape index (κ3) is 4.45. The van der Waals surface area contributed by atoms with Gasteiger partial charge in [0.05, 0.1) is 0 Å². The highest BCUT2D eigenvalue weighted by atomic mass is 32.1. The fourth-order valence-electron chi connectivity index (χ4n) is 2.93. The largest absolute Gasteiger partial charge is 0.372 e. The first-order valence-electron chi connectivity index (χ1n) is 8.53. The average Bonchev–Trinajstić information content (AvgIpc) is 2.63. The molecule has 2 N–H and O–H groups in total. The minimum absolute atomic E-state index is 0.594. The summed E-state index contributed by atoms with van der Waals surface area (Å²) in [6, 6.07) is 12.7. The Balaban J connectivity index is 1.51. The van der Waals surface area contributed by atoms with E-state index in [0.717, 1.165) is 11.4 Å². The maximum Gasteiger partial charge on any atom is 0.172 e. The molecule has 0 spiro atoms. The lowest BCUT2D eigenvalue weighted by Crippen LogP contribution is -2.29. The Bertz CT molecular complexity index is 678. The summed E-state index contributed by atoms with van der Waals surface area (Å²) in [7, 11) is 0. The molecule has 0 atom stereocenters. The van der Waals surface area contributed by atoms with Crippen LogP contribution in [-0.4, -0.2) is 23.2 Å². The molecule has 0 amide bonds. The smallest absolute Gasteiger partial charge is 0.172 e. The summed E-state index contributed by atoms with van der Waals surface area (Å²) in [5, 5.41) is 6.98. The van der Waals surface area contributed by atoms with Gasteiger partial charge in [-0.25, -0.2) is 4.98 Å².